The summed E-state index contributed by atoms with van der Waals surface area (Å²) in [5, 5.41) is 5.80. The van der Waals surface area contributed by atoms with Gasteiger partial charge >= 0.3 is 12.6 Å². The summed E-state index contributed by atoms with van der Waals surface area (Å²) in [7, 11) is 0. The van der Waals surface area contributed by atoms with E-state index in [4.69, 9.17) is 0 Å². The Morgan fingerprint density at radius 3 is 2.37 bits per heavy atom. The van der Waals surface area contributed by atoms with Crippen LogP contribution in [0.1, 0.15) is 43.0 Å². The molecule has 30 heavy (non-hydrogen) atoms. The first-order chi connectivity index (χ1) is 14.4. The fourth-order valence-electron chi connectivity index (χ4n) is 3.46. The monoisotopic (exact) mass is 417 g/mol. The van der Waals surface area contributed by atoms with Gasteiger partial charge in [-0.25, -0.2) is 4.79 Å². The lowest BCUT2D eigenvalue weighted by atomic mass is 10.1. The van der Waals surface area contributed by atoms with Gasteiger partial charge in [-0.1, -0.05) is 42.5 Å². The van der Waals surface area contributed by atoms with E-state index >= 15 is 0 Å². The van der Waals surface area contributed by atoms with E-state index in [0.717, 1.165) is 17.5 Å². The van der Waals surface area contributed by atoms with Gasteiger partial charge in [-0.05, 0) is 36.6 Å². The summed E-state index contributed by atoms with van der Waals surface area (Å²) >= 11 is 0. The smallest absolute Gasteiger partial charge is 0.387 e. The number of urea groups is 1. The Balaban J connectivity index is 1.62. The molecule has 0 aromatic heterocycles. The highest BCUT2D eigenvalue weighted by molar-refractivity contribution is 5.78. The second-order valence-corrected chi connectivity index (χ2v) is 7.19. The summed E-state index contributed by atoms with van der Waals surface area (Å²) in [5.74, 6) is 0.155. The molecule has 0 aliphatic carbocycles. The van der Waals surface area contributed by atoms with Crippen molar-refractivity contribution in [3.8, 4) is 5.75 Å². The summed E-state index contributed by atoms with van der Waals surface area (Å²) in [6, 6.07) is 14.5. The number of carbonyl (C=O) groups is 2. The number of halogens is 2. The van der Waals surface area contributed by atoms with Crippen molar-refractivity contribution in [3.63, 3.8) is 0 Å². The lowest BCUT2D eigenvalue weighted by Crippen LogP contribution is -2.43. The Labute approximate surface area is 174 Å². The van der Waals surface area contributed by atoms with E-state index in [1.807, 2.05) is 30.3 Å². The van der Waals surface area contributed by atoms with Crippen molar-refractivity contribution in [2.75, 3.05) is 13.1 Å². The summed E-state index contributed by atoms with van der Waals surface area (Å²) < 4.78 is 28.9. The molecule has 6 nitrogen and oxygen atoms in total. The van der Waals surface area contributed by atoms with E-state index in [0.29, 0.717) is 19.5 Å². The Hall–Kier alpha value is -3.16. The van der Waals surface area contributed by atoms with E-state index in [1.165, 1.54) is 12.1 Å². The first kappa shape index (κ1) is 21.5. The average Bonchev–Trinajstić information content (AvgIpc) is 3.12. The molecule has 1 fully saturated rings. The van der Waals surface area contributed by atoms with Crippen LogP contribution >= 0.6 is 0 Å². The van der Waals surface area contributed by atoms with Gasteiger partial charge < -0.3 is 20.3 Å². The average molecular weight is 417 g/mol. The zero-order valence-electron chi connectivity index (χ0n) is 16.7. The number of alkyl halides is 2. The highest BCUT2D eigenvalue weighted by Crippen LogP contribution is 2.21. The van der Waals surface area contributed by atoms with Crippen molar-refractivity contribution < 1.29 is 23.1 Å². The zero-order chi connectivity index (χ0) is 21.5. The number of hydrogen-bond donors (Lipinski definition) is 2. The minimum atomic E-state index is -2.88. The molecule has 1 heterocycles. The van der Waals surface area contributed by atoms with Crippen LogP contribution in [-0.2, 0) is 4.79 Å². The first-order valence-corrected chi connectivity index (χ1v) is 9.87. The van der Waals surface area contributed by atoms with Crippen LogP contribution in [0.4, 0.5) is 13.6 Å². The Morgan fingerprint density at radius 2 is 1.77 bits per heavy atom. The maximum atomic E-state index is 12.6. The second kappa shape index (κ2) is 10.0. The van der Waals surface area contributed by atoms with E-state index in [-0.39, 0.29) is 29.8 Å². The Morgan fingerprint density at radius 1 is 1.07 bits per heavy atom. The predicted molar refractivity (Wildman–Crippen MR) is 108 cm³/mol. The van der Waals surface area contributed by atoms with E-state index in [9.17, 15) is 18.4 Å². The molecule has 3 amide bonds. The van der Waals surface area contributed by atoms with Gasteiger partial charge in [-0.2, -0.15) is 8.78 Å². The number of likely N-dealkylation sites (tertiary alicyclic amines) is 1. The quantitative estimate of drug-likeness (QED) is 0.682. The molecule has 1 aliphatic heterocycles. The lowest BCUT2D eigenvalue weighted by molar-refractivity contribution is -0.128. The fraction of sp³-hybridized carbons (Fsp3) is 0.364. The molecule has 2 atom stereocenters. The number of amides is 3. The van der Waals surface area contributed by atoms with Crippen molar-refractivity contribution in [1.82, 2.24) is 15.5 Å². The van der Waals surface area contributed by atoms with E-state index < -0.39 is 6.61 Å². The molecule has 0 spiro atoms. The number of ether oxygens (including phenoxy) is 1. The minimum absolute atomic E-state index is 0.0600. The van der Waals surface area contributed by atoms with Gasteiger partial charge in [0.05, 0.1) is 12.1 Å². The summed E-state index contributed by atoms with van der Waals surface area (Å²) in [6.07, 6.45) is 1.37. The van der Waals surface area contributed by atoms with Gasteiger partial charge in [0.1, 0.15) is 5.75 Å². The maximum absolute atomic E-state index is 12.6. The maximum Gasteiger partial charge on any atom is 0.387 e. The van der Waals surface area contributed by atoms with Crippen molar-refractivity contribution in [3.05, 3.63) is 65.7 Å². The molecule has 1 saturated heterocycles. The van der Waals surface area contributed by atoms with Crippen molar-refractivity contribution >= 4 is 11.9 Å². The van der Waals surface area contributed by atoms with Crippen molar-refractivity contribution in [2.24, 2.45) is 0 Å². The van der Waals surface area contributed by atoms with Crippen LogP contribution in [0.3, 0.4) is 0 Å². The number of benzene rings is 2. The summed E-state index contributed by atoms with van der Waals surface area (Å²) in [5.41, 5.74) is 1.66. The molecular weight excluding hydrogens is 392 g/mol. The number of nitrogens with one attached hydrogen (secondary N) is 2. The highest BCUT2D eigenvalue weighted by Gasteiger charge is 2.25. The molecule has 2 aromatic rings. The Kier molecular flexibility index (Phi) is 7.21. The summed E-state index contributed by atoms with van der Waals surface area (Å²) in [4.78, 5) is 26.4. The molecule has 160 valence electrons. The number of hydrogen-bond acceptors (Lipinski definition) is 3. The SMILES string of the molecule is CC(NC(=O)NC(CN1CCCC1=O)c1ccccc1)c1ccc(OC(F)F)cc1. The molecule has 2 unspecified atom stereocenters. The van der Waals surface area contributed by atoms with Crippen molar-refractivity contribution in [1.29, 1.82) is 0 Å². The number of nitrogens with zero attached hydrogens (tertiary/aromatic N) is 1. The van der Waals surface area contributed by atoms with Crippen LogP contribution < -0.4 is 15.4 Å². The van der Waals surface area contributed by atoms with Gasteiger partial charge in [-0.15, -0.1) is 0 Å². The molecule has 2 N–H and O–H groups in total. The van der Waals surface area contributed by atoms with Gasteiger partial charge in [0.25, 0.3) is 0 Å². The standard InChI is InChI=1S/C22H25F2N3O3/c1-15(16-9-11-18(12-10-16)30-21(23)24)25-22(29)26-19(17-6-3-2-4-7-17)14-27-13-5-8-20(27)28/h2-4,6-7,9-12,15,19,21H,5,8,13-14H2,1H3,(H2,25,26,29). The molecule has 2 aromatic carbocycles. The van der Waals surface area contributed by atoms with Crippen LogP contribution in [0, 0.1) is 0 Å². The number of carbonyl (C=O) groups excluding carboxylic acids is 2. The molecule has 8 heteroatoms. The van der Waals surface area contributed by atoms with Gasteiger partial charge in [0.2, 0.25) is 5.91 Å². The van der Waals surface area contributed by atoms with Crippen LogP contribution in [0.25, 0.3) is 0 Å². The molecule has 0 radical (unpaired) electrons. The topological polar surface area (TPSA) is 70.7 Å². The third-order valence-corrected chi connectivity index (χ3v) is 5.03. The van der Waals surface area contributed by atoms with Crippen LogP contribution in [0.2, 0.25) is 0 Å². The molecule has 0 bridgehead atoms. The second-order valence-electron chi connectivity index (χ2n) is 7.19. The van der Waals surface area contributed by atoms with Crippen LogP contribution in [0.5, 0.6) is 5.75 Å². The Bertz CT molecular complexity index is 846. The van der Waals surface area contributed by atoms with Gasteiger partial charge in [0.15, 0.2) is 0 Å². The number of rotatable bonds is 8. The van der Waals surface area contributed by atoms with Gasteiger partial charge in [-0.3, -0.25) is 4.79 Å². The molecule has 0 saturated carbocycles. The van der Waals surface area contributed by atoms with Crippen molar-refractivity contribution in [2.45, 2.75) is 38.5 Å². The third-order valence-electron chi connectivity index (χ3n) is 5.03. The zero-order valence-corrected chi connectivity index (χ0v) is 16.7. The van der Waals surface area contributed by atoms with Crippen LogP contribution in [0.15, 0.2) is 54.6 Å². The fourth-order valence-corrected chi connectivity index (χ4v) is 3.46. The third kappa shape index (κ3) is 5.92. The van der Waals surface area contributed by atoms with E-state index in [1.54, 1.807) is 24.0 Å². The van der Waals surface area contributed by atoms with Gasteiger partial charge in [0, 0.05) is 19.5 Å². The lowest BCUT2D eigenvalue weighted by Gasteiger charge is -2.26. The molecule has 3 rings (SSSR count). The summed E-state index contributed by atoms with van der Waals surface area (Å²) in [6.45, 7) is 0.0121. The first-order valence-electron chi connectivity index (χ1n) is 9.87. The largest absolute Gasteiger partial charge is 0.435 e. The predicted octanol–water partition coefficient (Wildman–Crippen LogP) is 4.01. The highest BCUT2D eigenvalue weighted by atomic mass is 19.3. The molecular formula is C22H25F2N3O3. The van der Waals surface area contributed by atoms with Crippen LogP contribution in [-0.4, -0.2) is 36.5 Å². The normalized spacial score (nSPS) is 15.7. The minimum Gasteiger partial charge on any atom is -0.435 e. The van der Waals surface area contributed by atoms with E-state index in [2.05, 4.69) is 15.4 Å². The molecule has 1 aliphatic rings.